The van der Waals surface area contributed by atoms with Gasteiger partial charge in [0.2, 0.25) is 0 Å². The van der Waals surface area contributed by atoms with Gasteiger partial charge < -0.3 is 19.9 Å². The molecule has 156 valence electrons. The van der Waals surface area contributed by atoms with Crippen LogP contribution in [0, 0.1) is 12.8 Å². The first-order valence-corrected chi connectivity index (χ1v) is 11.1. The number of piperidine rings is 1. The van der Waals surface area contributed by atoms with E-state index in [1.165, 1.54) is 50.0 Å². The summed E-state index contributed by atoms with van der Waals surface area (Å²) in [5.41, 5.74) is 2.60. The lowest BCUT2D eigenvalue weighted by atomic mass is 9.97. The first-order valence-electron chi connectivity index (χ1n) is 11.1. The summed E-state index contributed by atoms with van der Waals surface area (Å²) in [6, 6.07) is 8.56. The summed E-state index contributed by atoms with van der Waals surface area (Å²) in [4.78, 5) is 10.0. The molecular formula is C23H38N4O. The van der Waals surface area contributed by atoms with Gasteiger partial charge in [-0.05, 0) is 69.8 Å². The van der Waals surface area contributed by atoms with Crippen LogP contribution >= 0.6 is 0 Å². The fraction of sp³-hybridized carbons (Fsp3) is 0.696. The van der Waals surface area contributed by atoms with Gasteiger partial charge in [0, 0.05) is 19.6 Å². The molecule has 28 heavy (non-hydrogen) atoms. The van der Waals surface area contributed by atoms with Crippen LogP contribution in [0.2, 0.25) is 0 Å². The third-order valence-corrected chi connectivity index (χ3v) is 5.98. The van der Waals surface area contributed by atoms with Crippen molar-refractivity contribution in [2.45, 2.75) is 46.1 Å². The van der Waals surface area contributed by atoms with Crippen LogP contribution in [0.15, 0.2) is 29.3 Å². The van der Waals surface area contributed by atoms with Gasteiger partial charge in [-0.2, -0.15) is 0 Å². The van der Waals surface area contributed by atoms with Gasteiger partial charge in [0.25, 0.3) is 0 Å². The SMILES string of the molecule is CCCN1CCC(CN=C(NCC)N2CCOC(c3ccccc3C)C2)CC1. The van der Waals surface area contributed by atoms with Gasteiger partial charge in [-0.25, -0.2) is 0 Å². The second-order valence-corrected chi connectivity index (χ2v) is 8.14. The van der Waals surface area contributed by atoms with Gasteiger partial charge in [0.1, 0.15) is 6.10 Å². The minimum atomic E-state index is 0.121. The second kappa shape index (κ2) is 10.8. The Hall–Kier alpha value is -1.59. The van der Waals surface area contributed by atoms with Crippen LogP contribution in [-0.2, 0) is 4.74 Å². The van der Waals surface area contributed by atoms with Crippen molar-refractivity contribution in [3.63, 3.8) is 0 Å². The largest absolute Gasteiger partial charge is 0.370 e. The summed E-state index contributed by atoms with van der Waals surface area (Å²) >= 11 is 0. The van der Waals surface area contributed by atoms with Gasteiger partial charge in [0.05, 0.1) is 13.2 Å². The van der Waals surface area contributed by atoms with Crippen LogP contribution in [0.1, 0.15) is 50.3 Å². The van der Waals surface area contributed by atoms with Crippen LogP contribution in [0.3, 0.4) is 0 Å². The molecule has 0 aromatic heterocycles. The molecule has 0 bridgehead atoms. The number of morpholine rings is 1. The van der Waals surface area contributed by atoms with Crippen LogP contribution in [0.4, 0.5) is 0 Å². The molecule has 5 nitrogen and oxygen atoms in total. The molecule has 0 saturated carbocycles. The zero-order valence-corrected chi connectivity index (χ0v) is 18.0. The Morgan fingerprint density at radius 1 is 1.18 bits per heavy atom. The quantitative estimate of drug-likeness (QED) is 0.600. The summed E-state index contributed by atoms with van der Waals surface area (Å²) in [6.07, 6.45) is 3.93. The molecule has 1 aromatic carbocycles. The van der Waals surface area contributed by atoms with Gasteiger partial charge in [-0.15, -0.1) is 0 Å². The number of benzene rings is 1. The van der Waals surface area contributed by atoms with E-state index in [1.807, 2.05) is 0 Å². The third kappa shape index (κ3) is 5.71. The Labute approximate surface area is 171 Å². The highest BCUT2D eigenvalue weighted by molar-refractivity contribution is 5.80. The number of guanidine groups is 1. The molecule has 1 unspecified atom stereocenters. The molecule has 2 aliphatic heterocycles. The van der Waals surface area contributed by atoms with Crippen molar-refractivity contribution in [2.24, 2.45) is 10.9 Å². The van der Waals surface area contributed by atoms with E-state index in [9.17, 15) is 0 Å². The summed E-state index contributed by atoms with van der Waals surface area (Å²) in [5.74, 6) is 1.77. The maximum atomic E-state index is 6.10. The molecule has 2 aliphatic rings. The summed E-state index contributed by atoms with van der Waals surface area (Å²) in [5, 5.41) is 3.52. The van der Waals surface area contributed by atoms with E-state index in [4.69, 9.17) is 9.73 Å². The molecule has 2 heterocycles. The van der Waals surface area contributed by atoms with Crippen molar-refractivity contribution >= 4 is 5.96 Å². The van der Waals surface area contributed by atoms with E-state index in [0.717, 1.165) is 44.7 Å². The van der Waals surface area contributed by atoms with Gasteiger partial charge in [-0.1, -0.05) is 31.2 Å². The van der Waals surface area contributed by atoms with Crippen molar-refractivity contribution in [1.29, 1.82) is 0 Å². The van der Waals surface area contributed by atoms with Crippen molar-refractivity contribution in [3.05, 3.63) is 35.4 Å². The molecule has 0 aliphatic carbocycles. The average Bonchev–Trinajstić information content (AvgIpc) is 2.73. The number of aliphatic imine (C=N–C) groups is 1. The minimum Gasteiger partial charge on any atom is -0.370 e. The molecule has 1 N–H and O–H groups in total. The number of nitrogens with zero attached hydrogens (tertiary/aromatic N) is 3. The Bertz CT molecular complexity index is 625. The summed E-state index contributed by atoms with van der Waals surface area (Å²) in [7, 11) is 0. The minimum absolute atomic E-state index is 0.121. The van der Waals surface area contributed by atoms with Gasteiger partial charge in [-0.3, -0.25) is 4.99 Å². The molecule has 0 spiro atoms. The standard InChI is InChI=1S/C23H38N4O/c1-4-12-26-13-10-20(11-14-26)17-25-23(24-5-2)27-15-16-28-22(18-27)21-9-7-6-8-19(21)3/h6-9,20,22H,4-5,10-18H2,1-3H3,(H,24,25). The van der Waals surface area contributed by atoms with Crippen LogP contribution in [-0.4, -0.2) is 68.2 Å². The normalized spacial score (nSPS) is 22.5. The van der Waals surface area contributed by atoms with E-state index >= 15 is 0 Å². The molecular weight excluding hydrogens is 348 g/mol. The smallest absolute Gasteiger partial charge is 0.194 e. The Morgan fingerprint density at radius 2 is 1.96 bits per heavy atom. The van der Waals surface area contributed by atoms with Crippen molar-refractivity contribution in [3.8, 4) is 0 Å². The van der Waals surface area contributed by atoms with Crippen molar-refractivity contribution in [2.75, 3.05) is 52.4 Å². The van der Waals surface area contributed by atoms with Crippen molar-refractivity contribution in [1.82, 2.24) is 15.1 Å². The lowest BCUT2D eigenvalue weighted by Gasteiger charge is -2.36. The highest BCUT2D eigenvalue weighted by atomic mass is 16.5. The number of aryl methyl sites for hydroxylation is 1. The third-order valence-electron chi connectivity index (χ3n) is 5.98. The van der Waals surface area contributed by atoms with Crippen LogP contribution in [0.5, 0.6) is 0 Å². The molecule has 5 heteroatoms. The predicted octanol–water partition coefficient (Wildman–Crippen LogP) is 3.46. The summed E-state index contributed by atoms with van der Waals surface area (Å²) < 4.78 is 6.10. The maximum Gasteiger partial charge on any atom is 0.194 e. The van der Waals surface area contributed by atoms with E-state index in [2.05, 4.69) is 60.2 Å². The average molecular weight is 387 g/mol. The highest BCUT2D eigenvalue weighted by Gasteiger charge is 2.25. The van der Waals surface area contributed by atoms with Gasteiger partial charge in [0.15, 0.2) is 5.96 Å². The first-order chi connectivity index (χ1) is 13.7. The van der Waals surface area contributed by atoms with E-state index < -0.39 is 0 Å². The highest BCUT2D eigenvalue weighted by Crippen LogP contribution is 2.25. The Morgan fingerprint density at radius 3 is 2.68 bits per heavy atom. The topological polar surface area (TPSA) is 40.1 Å². The number of ether oxygens (including phenoxy) is 1. The van der Waals surface area contributed by atoms with Crippen LogP contribution < -0.4 is 5.32 Å². The molecule has 0 radical (unpaired) electrons. The second-order valence-electron chi connectivity index (χ2n) is 8.14. The lowest BCUT2D eigenvalue weighted by Crippen LogP contribution is -2.48. The molecule has 3 rings (SSSR count). The lowest BCUT2D eigenvalue weighted by molar-refractivity contribution is -0.00836. The molecule has 1 aromatic rings. The van der Waals surface area contributed by atoms with Crippen LogP contribution in [0.25, 0.3) is 0 Å². The van der Waals surface area contributed by atoms with Crippen molar-refractivity contribution < 1.29 is 4.74 Å². The molecule has 2 saturated heterocycles. The van der Waals surface area contributed by atoms with E-state index in [0.29, 0.717) is 0 Å². The maximum absolute atomic E-state index is 6.10. The number of nitrogens with one attached hydrogen (secondary N) is 1. The molecule has 2 fully saturated rings. The number of rotatable bonds is 6. The fourth-order valence-corrected chi connectivity index (χ4v) is 4.33. The predicted molar refractivity (Wildman–Crippen MR) is 117 cm³/mol. The zero-order valence-electron chi connectivity index (χ0n) is 18.0. The molecule has 0 amide bonds. The molecule has 1 atom stereocenters. The van der Waals surface area contributed by atoms with E-state index in [-0.39, 0.29) is 6.10 Å². The summed E-state index contributed by atoms with van der Waals surface area (Å²) in [6.45, 7) is 14.7. The Kier molecular flexibility index (Phi) is 8.16. The fourth-order valence-electron chi connectivity index (χ4n) is 4.33. The number of likely N-dealkylation sites (tertiary alicyclic amines) is 1. The monoisotopic (exact) mass is 386 g/mol. The number of hydrogen-bond acceptors (Lipinski definition) is 3. The van der Waals surface area contributed by atoms with E-state index in [1.54, 1.807) is 0 Å². The first kappa shape index (κ1) is 21.1. The zero-order chi connectivity index (χ0) is 19.8. The Balaban J connectivity index is 1.60. The number of hydrogen-bond donors (Lipinski definition) is 1. The van der Waals surface area contributed by atoms with Gasteiger partial charge >= 0.3 is 0 Å².